The van der Waals surface area contributed by atoms with E-state index in [1.54, 1.807) is 0 Å². The number of carboxylic acid groups (broad SMARTS) is 1. The third-order valence-electron chi connectivity index (χ3n) is 1.27. The number of hydrogen-bond donors (Lipinski definition) is 2. The number of aliphatic carboxylic acids is 1. The fraction of sp³-hybridized carbons (Fsp3) is 0.500. The van der Waals surface area contributed by atoms with Crippen LogP contribution in [0.2, 0.25) is 0 Å². The Hall–Kier alpha value is -1.39. The van der Waals surface area contributed by atoms with Crippen molar-refractivity contribution in [3.05, 3.63) is 12.2 Å². The summed E-state index contributed by atoms with van der Waals surface area (Å²) >= 11 is 0. The lowest BCUT2D eigenvalue weighted by molar-refractivity contribution is -0.137. The summed E-state index contributed by atoms with van der Waals surface area (Å²) in [6.45, 7) is 0. The molecule has 0 aliphatic heterocycles. The number of carbonyl (C=O) groups is 1. The summed E-state index contributed by atoms with van der Waals surface area (Å²) in [7, 11) is 0. The van der Waals surface area contributed by atoms with Crippen LogP contribution in [0.25, 0.3) is 0 Å². The van der Waals surface area contributed by atoms with Crippen LogP contribution in [0.4, 0.5) is 0 Å². The van der Waals surface area contributed by atoms with Gasteiger partial charge in [-0.1, -0.05) is 0 Å². The number of rotatable bonds is 4. The minimum atomic E-state index is -0.774. The Morgan fingerprint density at radius 1 is 1.73 bits per heavy atom. The van der Waals surface area contributed by atoms with Crippen molar-refractivity contribution >= 4 is 5.97 Å². The zero-order valence-electron chi connectivity index (χ0n) is 5.95. The maximum absolute atomic E-state index is 10.1. The molecule has 5 heteroatoms. The van der Waals surface area contributed by atoms with Crippen molar-refractivity contribution in [3.8, 4) is 0 Å². The number of carboxylic acids is 1. The summed E-state index contributed by atoms with van der Waals surface area (Å²) in [4.78, 5) is 13.9. The fourth-order valence-corrected chi connectivity index (χ4v) is 0.758. The maximum atomic E-state index is 10.1. The van der Waals surface area contributed by atoms with Gasteiger partial charge in [-0.05, 0) is 6.42 Å². The number of nitrogens with one attached hydrogen (secondary N) is 1. The van der Waals surface area contributed by atoms with Crippen molar-refractivity contribution in [2.75, 3.05) is 0 Å². The van der Waals surface area contributed by atoms with Gasteiger partial charge >= 0.3 is 5.97 Å². The molecule has 0 aromatic carbocycles. The smallest absolute Gasteiger partial charge is 0.303 e. The Morgan fingerprint density at radius 2 is 2.55 bits per heavy atom. The van der Waals surface area contributed by atoms with Gasteiger partial charge in [-0.25, -0.2) is 4.98 Å². The molecular formula is C6H9N3O2. The van der Waals surface area contributed by atoms with Gasteiger partial charge < -0.3 is 5.11 Å². The highest BCUT2D eigenvalue weighted by Crippen LogP contribution is 1.96. The first-order valence-corrected chi connectivity index (χ1v) is 3.35. The Morgan fingerprint density at radius 3 is 3.09 bits per heavy atom. The van der Waals surface area contributed by atoms with Crippen LogP contribution in [0.1, 0.15) is 18.7 Å². The molecule has 0 unspecified atom stereocenters. The summed E-state index contributed by atoms with van der Waals surface area (Å²) in [6, 6.07) is 0. The second kappa shape index (κ2) is 3.70. The second-order valence-electron chi connectivity index (χ2n) is 2.18. The van der Waals surface area contributed by atoms with Crippen molar-refractivity contribution in [2.45, 2.75) is 19.3 Å². The Labute approximate surface area is 63.5 Å². The van der Waals surface area contributed by atoms with Gasteiger partial charge in [0.05, 0.1) is 0 Å². The Balaban J connectivity index is 2.19. The van der Waals surface area contributed by atoms with Crippen molar-refractivity contribution < 1.29 is 9.90 Å². The number of aromatic nitrogens is 3. The first kappa shape index (κ1) is 7.71. The molecule has 0 aliphatic carbocycles. The molecule has 0 saturated carbocycles. The predicted octanol–water partition coefficient (Wildman–Crippen LogP) is 0.212. The average Bonchev–Trinajstić information content (AvgIpc) is 2.39. The number of H-pyrrole nitrogens is 1. The molecule has 0 atom stereocenters. The highest BCUT2D eigenvalue weighted by molar-refractivity contribution is 5.66. The van der Waals surface area contributed by atoms with E-state index >= 15 is 0 Å². The SMILES string of the molecule is O=C(O)CCCc1ncn[nH]1. The van der Waals surface area contributed by atoms with Crippen LogP contribution in [0.5, 0.6) is 0 Å². The average molecular weight is 155 g/mol. The van der Waals surface area contributed by atoms with Crippen molar-refractivity contribution in [2.24, 2.45) is 0 Å². The molecule has 11 heavy (non-hydrogen) atoms. The third-order valence-corrected chi connectivity index (χ3v) is 1.27. The maximum Gasteiger partial charge on any atom is 0.303 e. The zero-order chi connectivity index (χ0) is 8.10. The largest absolute Gasteiger partial charge is 0.481 e. The molecule has 1 aromatic heterocycles. The van der Waals surface area contributed by atoms with Crippen LogP contribution in [0.3, 0.4) is 0 Å². The fourth-order valence-electron chi connectivity index (χ4n) is 0.758. The van der Waals surface area contributed by atoms with Crippen LogP contribution in [-0.4, -0.2) is 26.3 Å². The van der Waals surface area contributed by atoms with E-state index in [9.17, 15) is 4.79 Å². The lowest BCUT2D eigenvalue weighted by atomic mass is 10.2. The number of hydrogen-bond acceptors (Lipinski definition) is 3. The molecule has 0 aliphatic rings. The van der Waals surface area contributed by atoms with Gasteiger partial charge in [-0.15, -0.1) is 0 Å². The Kier molecular flexibility index (Phi) is 2.59. The molecule has 0 bridgehead atoms. The van der Waals surface area contributed by atoms with Crippen LogP contribution < -0.4 is 0 Å². The van der Waals surface area contributed by atoms with E-state index < -0.39 is 5.97 Å². The van der Waals surface area contributed by atoms with Crippen molar-refractivity contribution in [1.29, 1.82) is 0 Å². The minimum absolute atomic E-state index is 0.181. The molecule has 0 radical (unpaired) electrons. The highest BCUT2D eigenvalue weighted by Gasteiger charge is 1.98. The van der Waals surface area contributed by atoms with Gasteiger partial charge in [0.2, 0.25) is 0 Å². The standard InChI is InChI=1S/C6H9N3O2/c10-6(11)3-1-2-5-7-4-8-9-5/h4H,1-3H2,(H,10,11)(H,7,8,9). The lowest BCUT2D eigenvalue weighted by Gasteiger charge is -1.91. The summed E-state index contributed by atoms with van der Waals surface area (Å²) in [5, 5.41) is 14.6. The van der Waals surface area contributed by atoms with Gasteiger partial charge in [-0.2, -0.15) is 5.10 Å². The van der Waals surface area contributed by atoms with E-state index in [1.807, 2.05) is 0 Å². The molecule has 0 spiro atoms. The van der Waals surface area contributed by atoms with Crippen LogP contribution >= 0.6 is 0 Å². The molecule has 1 aromatic rings. The van der Waals surface area contributed by atoms with E-state index in [1.165, 1.54) is 6.33 Å². The summed E-state index contributed by atoms with van der Waals surface area (Å²) < 4.78 is 0. The van der Waals surface area contributed by atoms with Gasteiger partial charge in [-0.3, -0.25) is 9.89 Å². The zero-order valence-corrected chi connectivity index (χ0v) is 5.95. The van der Waals surface area contributed by atoms with E-state index in [0.717, 1.165) is 5.82 Å². The monoisotopic (exact) mass is 155 g/mol. The summed E-state index contributed by atoms with van der Waals surface area (Å²) in [6.07, 6.45) is 2.84. The normalized spacial score (nSPS) is 9.82. The number of nitrogens with zero attached hydrogens (tertiary/aromatic N) is 2. The van der Waals surface area contributed by atoms with Gasteiger partial charge in [0.1, 0.15) is 12.2 Å². The summed E-state index contributed by atoms with van der Waals surface area (Å²) in [5.41, 5.74) is 0. The predicted molar refractivity (Wildman–Crippen MR) is 37.0 cm³/mol. The first-order chi connectivity index (χ1) is 5.29. The summed E-state index contributed by atoms with van der Waals surface area (Å²) in [5.74, 6) is -0.0317. The molecule has 1 rings (SSSR count). The van der Waals surface area contributed by atoms with E-state index in [0.29, 0.717) is 12.8 Å². The van der Waals surface area contributed by atoms with Gasteiger partial charge in [0.25, 0.3) is 0 Å². The highest BCUT2D eigenvalue weighted by atomic mass is 16.4. The van der Waals surface area contributed by atoms with Crippen LogP contribution in [-0.2, 0) is 11.2 Å². The number of aryl methyl sites for hydroxylation is 1. The lowest BCUT2D eigenvalue weighted by Crippen LogP contribution is -1.96. The van der Waals surface area contributed by atoms with E-state index in [-0.39, 0.29) is 6.42 Å². The van der Waals surface area contributed by atoms with Gasteiger partial charge in [0.15, 0.2) is 0 Å². The molecule has 1 heterocycles. The van der Waals surface area contributed by atoms with Gasteiger partial charge in [0, 0.05) is 12.8 Å². The third kappa shape index (κ3) is 2.79. The van der Waals surface area contributed by atoms with Crippen molar-refractivity contribution in [1.82, 2.24) is 15.2 Å². The van der Waals surface area contributed by atoms with Crippen LogP contribution in [0.15, 0.2) is 6.33 Å². The second-order valence-corrected chi connectivity index (χ2v) is 2.18. The molecular weight excluding hydrogens is 146 g/mol. The molecule has 5 nitrogen and oxygen atoms in total. The van der Waals surface area contributed by atoms with Crippen LogP contribution in [0, 0.1) is 0 Å². The molecule has 0 amide bonds. The van der Waals surface area contributed by atoms with E-state index in [4.69, 9.17) is 5.11 Å². The Bertz CT molecular complexity index is 220. The van der Waals surface area contributed by atoms with E-state index in [2.05, 4.69) is 15.2 Å². The minimum Gasteiger partial charge on any atom is -0.481 e. The quantitative estimate of drug-likeness (QED) is 0.651. The molecule has 60 valence electrons. The molecule has 0 fully saturated rings. The molecule has 2 N–H and O–H groups in total. The topological polar surface area (TPSA) is 78.9 Å². The van der Waals surface area contributed by atoms with Crippen molar-refractivity contribution in [3.63, 3.8) is 0 Å². The number of aromatic amines is 1. The molecule has 0 saturated heterocycles. The first-order valence-electron chi connectivity index (χ1n) is 3.35.